The molecule has 0 aliphatic heterocycles. The highest BCUT2D eigenvalue weighted by atomic mass is 16.2. The summed E-state index contributed by atoms with van der Waals surface area (Å²) in [5.74, 6) is -0.784. The number of Topliss-reactive ketones (excluding diaryl/α,β-unsaturated/α-hetero) is 1. The molecule has 0 saturated carbocycles. The zero-order valence-corrected chi connectivity index (χ0v) is 14.5. The van der Waals surface area contributed by atoms with Crippen molar-refractivity contribution in [3.63, 3.8) is 0 Å². The van der Waals surface area contributed by atoms with E-state index in [0.717, 1.165) is 11.1 Å². The summed E-state index contributed by atoms with van der Waals surface area (Å²) in [5.41, 5.74) is 13.6. The molecule has 0 spiro atoms. The van der Waals surface area contributed by atoms with Gasteiger partial charge in [-0.2, -0.15) is 5.10 Å². The fraction of sp³-hybridized carbons (Fsp3) is 0.0526. The van der Waals surface area contributed by atoms with Crippen molar-refractivity contribution in [2.45, 2.75) is 6.92 Å². The number of hydrogen-bond donors (Lipinski definition) is 3. The molecule has 3 aromatic rings. The molecule has 2 aromatic carbocycles. The largest absolute Gasteiger partial charge is 0.364 e. The average molecular weight is 363 g/mol. The summed E-state index contributed by atoms with van der Waals surface area (Å²) < 4.78 is 1.43. The third-order valence-electron chi connectivity index (χ3n) is 3.94. The van der Waals surface area contributed by atoms with Crippen LogP contribution in [0.2, 0.25) is 0 Å². The van der Waals surface area contributed by atoms with Crippen molar-refractivity contribution in [3.05, 3.63) is 66.0 Å². The molecule has 1 heterocycles. The lowest BCUT2D eigenvalue weighted by atomic mass is 10.0. The van der Waals surface area contributed by atoms with Gasteiger partial charge >= 0.3 is 6.03 Å². The molecule has 0 radical (unpaired) electrons. The molecule has 8 heteroatoms. The van der Waals surface area contributed by atoms with E-state index in [4.69, 9.17) is 11.5 Å². The summed E-state index contributed by atoms with van der Waals surface area (Å²) in [6.07, 6.45) is 1.46. The Labute approximate surface area is 154 Å². The monoisotopic (exact) mass is 363 g/mol. The first-order valence-electron chi connectivity index (χ1n) is 8.03. The molecule has 0 aliphatic carbocycles. The quantitative estimate of drug-likeness (QED) is 0.600. The van der Waals surface area contributed by atoms with Crippen LogP contribution >= 0.6 is 0 Å². The second-order valence-electron chi connectivity index (χ2n) is 5.87. The predicted octanol–water partition coefficient (Wildman–Crippen LogP) is 2.33. The zero-order chi connectivity index (χ0) is 19.6. The van der Waals surface area contributed by atoms with Gasteiger partial charge in [0.1, 0.15) is 0 Å². The van der Waals surface area contributed by atoms with Gasteiger partial charge in [0.15, 0.2) is 11.5 Å². The molecule has 27 heavy (non-hydrogen) atoms. The first kappa shape index (κ1) is 17.9. The number of carbonyl (C=O) groups is 3. The standard InChI is InChI=1S/C19H17N5O3/c1-11(25)12-5-7-13(8-6-12)14-3-2-4-15(9-14)24-10-16(22-19(21)27)17(23-24)18(20)26/h2-10H,1H3,(H2,20,26)(H3,21,22,27). The Morgan fingerprint density at radius 3 is 2.30 bits per heavy atom. The predicted molar refractivity (Wildman–Crippen MR) is 101 cm³/mol. The number of aromatic nitrogens is 2. The highest BCUT2D eigenvalue weighted by Crippen LogP contribution is 2.24. The second kappa shape index (κ2) is 7.12. The number of benzene rings is 2. The van der Waals surface area contributed by atoms with E-state index in [2.05, 4.69) is 10.4 Å². The maximum atomic E-state index is 11.5. The van der Waals surface area contributed by atoms with Crippen molar-refractivity contribution in [2.24, 2.45) is 11.5 Å². The summed E-state index contributed by atoms with van der Waals surface area (Å²) in [6, 6.07) is 13.8. The first-order valence-corrected chi connectivity index (χ1v) is 8.03. The summed E-state index contributed by atoms with van der Waals surface area (Å²) in [4.78, 5) is 34.1. The van der Waals surface area contributed by atoms with E-state index < -0.39 is 11.9 Å². The van der Waals surface area contributed by atoms with Crippen LogP contribution in [0, 0.1) is 0 Å². The summed E-state index contributed by atoms with van der Waals surface area (Å²) in [7, 11) is 0. The number of anilines is 1. The van der Waals surface area contributed by atoms with Gasteiger partial charge in [0.05, 0.1) is 17.6 Å². The Morgan fingerprint density at radius 1 is 1.00 bits per heavy atom. The smallest absolute Gasteiger partial charge is 0.316 e. The van der Waals surface area contributed by atoms with Gasteiger partial charge in [0, 0.05) is 5.56 Å². The van der Waals surface area contributed by atoms with E-state index in [9.17, 15) is 14.4 Å². The van der Waals surface area contributed by atoms with Crippen LogP contribution in [-0.2, 0) is 0 Å². The van der Waals surface area contributed by atoms with Crippen molar-refractivity contribution in [3.8, 4) is 16.8 Å². The number of carbonyl (C=O) groups excluding carboxylic acids is 3. The SMILES string of the molecule is CC(=O)c1ccc(-c2cccc(-n3cc(NC(N)=O)c(C(N)=O)n3)c2)cc1. The minimum atomic E-state index is -0.823. The van der Waals surface area contributed by atoms with E-state index in [-0.39, 0.29) is 17.2 Å². The lowest BCUT2D eigenvalue weighted by molar-refractivity contribution is 0.0992. The van der Waals surface area contributed by atoms with Crippen molar-refractivity contribution in [2.75, 3.05) is 5.32 Å². The Kier molecular flexibility index (Phi) is 4.71. The van der Waals surface area contributed by atoms with E-state index in [1.807, 2.05) is 30.3 Å². The maximum absolute atomic E-state index is 11.5. The molecule has 0 bridgehead atoms. The van der Waals surface area contributed by atoms with Gasteiger partial charge in [-0.1, -0.05) is 36.4 Å². The lowest BCUT2D eigenvalue weighted by Gasteiger charge is -2.06. The molecule has 5 N–H and O–H groups in total. The summed E-state index contributed by atoms with van der Waals surface area (Å²) in [6.45, 7) is 1.52. The number of amides is 3. The van der Waals surface area contributed by atoms with Crippen LogP contribution in [-0.4, -0.2) is 27.5 Å². The van der Waals surface area contributed by atoms with E-state index >= 15 is 0 Å². The number of hydrogen-bond acceptors (Lipinski definition) is 4. The van der Waals surface area contributed by atoms with Crippen molar-refractivity contribution < 1.29 is 14.4 Å². The zero-order valence-electron chi connectivity index (χ0n) is 14.5. The summed E-state index contributed by atoms with van der Waals surface area (Å²) in [5, 5.41) is 6.46. The van der Waals surface area contributed by atoms with Gasteiger partial charge in [-0.3, -0.25) is 9.59 Å². The fourth-order valence-electron chi connectivity index (χ4n) is 2.64. The molecule has 3 amide bonds. The number of nitrogens with zero attached hydrogens (tertiary/aromatic N) is 2. The highest BCUT2D eigenvalue weighted by Gasteiger charge is 2.16. The number of nitrogens with one attached hydrogen (secondary N) is 1. The van der Waals surface area contributed by atoms with E-state index in [1.165, 1.54) is 17.8 Å². The van der Waals surface area contributed by atoms with E-state index in [0.29, 0.717) is 11.3 Å². The topological polar surface area (TPSA) is 133 Å². The number of nitrogens with two attached hydrogens (primary N) is 2. The number of primary amides is 2. The molecule has 1 aromatic heterocycles. The van der Waals surface area contributed by atoms with Gasteiger partial charge in [-0.05, 0) is 30.2 Å². The van der Waals surface area contributed by atoms with Crippen LogP contribution in [0.25, 0.3) is 16.8 Å². The first-order chi connectivity index (χ1) is 12.8. The molecule has 0 atom stereocenters. The van der Waals surface area contributed by atoms with Crippen molar-refractivity contribution >= 4 is 23.4 Å². The second-order valence-corrected chi connectivity index (χ2v) is 5.87. The number of ketones is 1. The van der Waals surface area contributed by atoms with Crippen LogP contribution in [0.4, 0.5) is 10.5 Å². The highest BCUT2D eigenvalue weighted by molar-refractivity contribution is 6.00. The molecular formula is C19H17N5O3. The van der Waals surface area contributed by atoms with Crippen molar-refractivity contribution in [1.82, 2.24) is 9.78 Å². The molecule has 0 saturated heterocycles. The van der Waals surface area contributed by atoms with Gasteiger partial charge in [-0.15, -0.1) is 0 Å². The average Bonchev–Trinajstić information content (AvgIpc) is 3.05. The molecule has 0 unspecified atom stereocenters. The number of rotatable bonds is 5. The minimum absolute atomic E-state index is 0.000281. The van der Waals surface area contributed by atoms with Gasteiger partial charge in [0.25, 0.3) is 5.91 Å². The van der Waals surface area contributed by atoms with Crippen LogP contribution in [0.15, 0.2) is 54.7 Å². The van der Waals surface area contributed by atoms with Gasteiger partial charge < -0.3 is 16.8 Å². The molecule has 136 valence electrons. The van der Waals surface area contributed by atoms with Crippen LogP contribution < -0.4 is 16.8 Å². The normalized spacial score (nSPS) is 10.4. The van der Waals surface area contributed by atoms with Crippen molar-refractivity contribution in [1.29, 1.82) is 0 Å². The lowest BCUT2D eigenvalue weighted by Crippen LogP contribution is -2.22. The fourth-order valence-corrected chi connectivity index (χ4v) is 2.64. The van der Waals surface area contributed by atoms with Gasteiger partial charge in [0.2, 0.25) is 0 Å². The third-order valence-corrected chi connectivity index (χ3v) is 3.94. The molecular weight excluding hydrogens is 346 g/mol. The van der Waals surface area contributed by atoms with Crippen LogP contribution in [0.5, 0.6) is 0 Å². The van der Waals surface area contributed by atoms with Crippen LogP contribution in [0.1, 0.15) is 27.8 Å². The Hall–Kier alpha value is -3.94. The summed E-state index contributed by atoms with van der Waals surface area (Å²) >= 11 is 0. The molecule has 0 fully saturated rings. The Morgan fingerprint density at radius 2 is 1.70 bits per heavy atom. The third kappa shape index (κ3) is 3.84. The number of urea groups is 1. The minimum Gasteiger partial charge on any atom is -0.364 e. The maximum Gasteiger partial charge on any atom is 0.316 e. The molecule has 0 aliphatic rings. The molecule has 3 rings (SSSR count). The van der Waals surface area contributed by atoms with Crippen LogP contribution in [0.3, 0.4) is 0 Å². The van der Waals surface area contributed by atoms with Gasteiger partial charge in [-0.25, -0.2) is 9.48 Å². The molecule has 8 nitrogen and oxygen atoms in total. The van der Waals surface area contributed by atoms with E-state index in [1.54, 1.807) is 18.2 Å². The Bertz CT molecular complexity index is 1040. The Balaban J connectivity index is 1.99.